The molecule has 2 atom stereocenters. The molecule has 4 rings (SSSR count). The van der Waals surface area contributed by atoms with Gasteiger partial charge in [-0.05, 0) is 50.0 Å². The van der Waals surface area contributed by atoms with E-state index in [1.165, 1.54) is 10.5 Å². The molecule has 30 heavy (non-hydrogen) atoms. The van der Waals surface area contributed by atoms with Crippen molar-refractivity contribution in [1.29, 1.82) is 0 Å². The molecule has 2 fully saturated rings. The summed E-state index contributed by atoms with van der Waals surface area (Å²) in [7, 11) is 0. The average molecular weight is 412 g/mol. The Balaban J connectivity index is 1.35. The van der Waals surface area contributed by atoms with Crippen LogP contribution < -0.4 is 11.1 Å². The van der Waals surface area contributed by atoms with Gasteiger partial charge in [0.2, 0.25) is 5.91 Å². The standard InChI is InChI=1S/C23H29N3O4/c24-21(28)17-7-4-8-19(17)26-13-18(20(27)23(26)30)22(29)25-16-11-9-15(10-12-16)14-5-2-1-3-6-14/h1-3,5-6,15-17,19,27H,4,7-13H2,(H2,24,28)(H,25,29)/t15-,16+,17-,19+/m1/s1. The van der Waals surface area contributed by atoms with Crippen molar-refractivity contribution in [3.05, 3.63) is 47.2 Å². The molecule has 7 nitrogen and oxygen atoms in total. The Morgan fingerprint density at radius 1 is 1.03 bits per heavy atom. The average Bonchev–Trinajstić information content (AvgIpc) is 3.35. The minimum atomic E-state index is -0.578. The Morgan fingerprint density at radius 2 is 1.73 bits per heavy atom. The van der Waals surface area contributed by atoms with Gasteiger partial charge in [-0.3, -0.25) is 14.4 Å². The number of amides is 3. The van der Waals surface area contributed by atoms with Crippen molar-refractivity contribution >= 4 is 17.7 Å². The monoisotopic (exact) mass is 411 g/mol. The van der Waals surface area contributed by atoms with E-state index in [1.807, 2.05) is 6.07 Å². The fraction of sp³-hybridized carbons (Fsp3) is 0.522. The van der Waals surface area contributed by atoms with Gasteiger partial charge in [0.05, 0.1) is 18.0 Å². The van der Waals surface area contributed by atoms with Gasteiger partial charge in [0.15, 0.2) is 5.76 Å². The lowest BCUT2D eigenvalue weighted by molar-refractivity contribution is -0.132. The number of carbonyl (C=O) groups excluding carboxylic acids is 3. The highest BCUT2D eigenvalue weighted by molar-refractivity contribution is 6.07. The van der Waals surface area contributed by atoms with Gasteiger partial charge >= 0.3 is 0 Å². The summed E-state index contributed by atoms with van der Waals surface area (Å²) in [4.78, 5) is 38.5. The number of carbonyl (C=O) groups is 3. The first-order valence-corrected chi connectivity index (χ1v) is 10.8. The maximum Gasteiger partial charge on any atom is 0.289 e. The fourth-order valence-electron chi connectivity index (χ4n) is 5.24. The van der Waals surface area contributed by atoms with E-state index in [4.69, 9.17) is 5.73 Å². The molecule has 1 aromatic rings. The smallest absolute Gasteiger partial charge is 0.289 e. The van der Waals surface area contributed by atoms with E-state index < -0.39 is 23.5 Å². The van der Waals surface area contributed by atoms with Gasteiger partial charge in [0.25, 0.3) is 11.8 Å². The van der Waals surface area contributed by atoms with Gasteiger partial charge in [-0.1, -0.05) is 36.8 Å². The maximum atomic E-state index is 12.8. The van der Waals surface area contributed by atoms with Gasteiger partial charge < -0.3 is 21.1 Å². The first-order valence-electron chi connectivity index (χ1n) is 10.8. The Bertz CT molecular complexity index is 858. The topological polar surface area (TPSA) is 113 Å². The normalized spacial score (nSPS) is 29.3. The summed E-state index contributed by atoms with van der Waals surface area (Å²) < 4.78 is 0. The molecular formula is C23H29N3O4. The number of hydrogen-bond donors (Lipinski definition) is 3. The molecule has 0 saturated heterocycles. The van der Waals surface area contributed by atoms with E-state index in [9.17, 15) is 19.5 Å². The van der Waals surface area contributed by atoms with Crippen molar-refractivity contribution in [2.24, 2.45) is 11.7 Å². The molecule has 1 aliphatic heterocycles. The molecule has 0 unspecified atom stereocenters. The summed E-state index contributed by atoms with van der Waals surface area (Å²) in [5, 5.41) is 13.3. The maximum absolute atomic E-state index is 12.8. The molecule has 0 aromatic heterocycles. The molecule has 2 aliphatic carbocycles. The molecule has 0 spiro atoms. The quantitative estimate of drug-likeness (QED) is 0.689. The number of aliphatic hydroxyl groups excluding tert-OH is 1. The van der Waals surface area contributed by atoms with Crippen molar-refractivity contribution in [3.8, 4) is 0 Å². The number of aliphatic hydroxyl groups is 1. The van der Waals surface area contributed by atoms with E-state index in [0.717, 1.165) is 32.1 Å². The summed E-state index contributed by atoms with van der Waals surface area (Å²) in [6.45, 7) is 0.0321. The van der Waals surface area contributed by atoms with Crippen LogP contribution in [0.1, 0.15) is 56.4 Å². The molecule has 1 aromatic carbocycles. The highest BCUT2D eigenvalue weighted by Crippen LogP contribution is 2.35. The van der Waals surface area contributed by atoms with Crippen molar-refractivity contribution in [2.45, 2.75) is 62.9 Å². The van der Waals surface area contributed by atoms with Gasteiger partial charge in [-0.2, -0.15) is 0 Å². The van der Waals surface area contributed by atoms with Crippen LogP contribution in [0.4, 0.5) is 0 Å². The van der Waals surface area contributed by atoms with Crippen LogP contribution in [0.25, 0.3) is 0 Å². The predicted octanol–water partition coefficient (Wildman–Crippen LogP) is 2.14. The Hall–Kier alpha value is -2.83. The SMILES string of the molecule is NC(=O)[C@@H]1CCC[C@@H]1N1CC(C(=O)N[C@H]2CC[C@@H](c3ccccc3)CC2)=C(O)C1=O. The van der Waals surface area contributed by atoms with E-state index in [2.05, 4.69) is 29.6 Å². The zero-order chi connectivity index (χ0) is 21.3. The van der Waals surface area contributed by atoms with E-state index in [0.29, 0.717) is 18.8 Å². The summed E-state index contributed by atoms with van der Waals surface area (Å²) in [6, 6.07) is 10.1. The Labute approximate surface area is 176 Å². The molecule has 0 bridgehead atoms. The van der Waals surface area contributed by atoms with Crippen molar-refractivity contribution in [3.63, 3.8) is 0 Å². The number of benzene rings is 1. The number of rotatable bonds is 5. The first kappa shape index (κ1) is 20.4. The second-order valence-electron chi connectivity index (χ2n) is 8.70. The second kappa shape index (κ2) is 8.50. The number of hydrogen-bond acceptors (Lipinski definition) is 4. The van der Waals surface area contributed by atoms with Crippen molar-refractivity contribution in [2.75, 3.05) is 6.54 Å². The van der Waals surface area contributed by atoms with Gasteiger partial charge in [0.1, 0.15) is 0 Å². The Kier molecular flexibility index (Phi) is 5.79. The molecule has 160 valence electrons. The van der Waals surface area contributed by atoms with Crippen LogP contribution in [-0.4, -0.2) is 46.4 Å². The van der Waals surface area contributed by atoms with E-state index >= 15 is 0 Å². The van der Waals surface area contributed by atoms with Crippen LogP contribution in [0.5, 0.6) is 0 Å². The third kappa shape index (κ3) is 3.93. The number of nitrogens with zero attached hydrogens (tertiary/aromatic N) is 1. The molecular weight excluding hydrogens is 382 g/mol. The van der Waals surface area contributed by atoms with Crippen LogP contribution in [0, 0.1) is 5.92 Å². The minimum Gasteiger partial charge on any atom is -0.503 e. The number of primary amides is 1. The molecule has 2 saturated carbocycles. The van der Waals surface area contributed by atoms with Crippen LogP contribution >= 0.6 is 0 Å². The summed E-state index contributed by atoms with van der Waals surface area (Å²) >= 11 is 0. The van der Waals surface area contributed by atoms with Crippen LogP contribution in [0.2, 0.25) is 0 Å². The van der Waals surface area contributed by atoms with Crippen LogP contribution in [0.3, 0.4) is 0 Å². The van der Waals surface area contributed by atoms with Crippen LogP contribution in [0.15, 0.2) is 41.7 Å². The lowest BCUT2D eigenvalue weighted by atomic mass is 9.82. The number of nitrogens with one attached hydrogen (secondary N) is 1. The highest BCUT2D eigenvalue weighted by atomic mass is 16.3. The lowest BCUT2D eigenvalue weighted by Gasteiger charge is -2.30. The van der Waals surface area contributed by atoms with Crippen LogP contribution in [-0.2, 0) is 14.4 Å². The van der Waals surface area contributed by atoms with Crippen molar-refractivity contribution < 1.29 is 19.5 Å². The van der Waals surface area contributed by atoms with Gasteiger partial charge in [-0.25, -0.2) is 0 Å². The summed E-state index contributed by atoms with van der Waals surface area (Å²) in [5.41, 5.74) is 6.91. The molecule has 3 aliphatic rings. The summed E-state index contributed by atoms with van der Waals surface area (Å²) in [6.07, 6.45) is 5.81. The molecule has 3 amide bonds. The second-order valence-corrected chi connectivity index (χ2v) is 8.70. The molecule has 1 heterocycles. The lowest BCUT2D eigenvalue weighted by Crippen LogP contribution is -2.45. The zero-order valence-electron chi connectivity index (χ0n) is 17.0. The van der Waals surface area contributed by atoms with E-state index in [1.54, 1.807) is 0 Å². The molecule has 0 radical (unpaired) electrons. The molecule has 7 heteroatoms. The number of nitrogens with two attached hydrogens (primary N) is 1. The largest absolute Gasteiger partial charge is 0.503 e. The fourth-order valence-corrected chi connectivity index (χ4v) is 5.24. The first-order chi connectivity index (χ1) is 14.5. The van der Waals surface area contributed by atoms with E-state index in [-0.39, 0.29) is 30.1 Å². The van der Waals surface area contributed by atoms with Crippen molar-refractivity contribution in [1.82, 2.24) is 10.2 Å². The molecule has 4 N–H and O–H groups in total. The van der Waals surface area contributed by atoms with Gasteiger partial charge in [-0.15, -0.1) is 0 Å². The minimum absolute atomic E-state index is 0.0321. The highest BCUT2D eigenvalue weighted by Gasteiger charge is 2.44. The Morgan fingerprint density at radius 3 is 2.40 bits per heavy atom. The predicted molar refractivity (Wildman–Crippen MR) is 111 cm³/mol. The third-order valence-electron chi connectivity index (χ3n) is 6.93. The van der Waals surface area contributed by atoms with Gasteiger partial charge in [0, 0.05) is 12.1 Å². The third-order valence-corrected chi connectivity index (χ3v) is 6.93. The summed E-state index contributed by atoms with van der Waals surface area (Å²) in [5.74, 6) is -1.81. The zero-order valence-corrected chi connectivity index (χ0v) is 17.0.